The van der Waals surface area contributed by atoms with Crippen LogP contribution < -0.4 is 10.1 Å². The van der Waals surface area contributed by atoms with Crippen LogP contribution in [0.5, 0.6) is 5.75 Å². The summed E-state index contributed by atoms with van der Waals surface area (Å²) >= 11 is 0. The number of carbonyl (C=O) groups excluding carboxylic acids is 1. The predicted octanol–water partition coefficient (Wildman–Crippen LogP) is 0.939. The number of nitrogens with one attached hydrogen (secondary N) is 1. The Labute approximate surface area is 120 Å². The van der Waals surface area contributed by atoms with Crippen LogP contribution in [0.3, 0.4) is 0 Å². The van der Waals surface area contributed by atoms with Crippen molar-refractivity contribution in [2.75, 3.05) is 13.2 Å². The Morgan fingerprint density at radius 2 is 2.05 bits per heavy atom. The zero-order valence-electron chi connectivity index (χ0n) is 13.1. The first-order valence-corrected chi connectivity index (χ1v) is 6.70. The van der Waals surface area contributed by atoms with Crippen molar-refractivity contribution in [3.05, 3.63) is 11.4 Å². The molecule has 1 unspecified atom stereocenters. The average molecular weight is 283 g/mol. The number of nitrogens with zero attached hydrogens (tertiary/aromatic N) is 2. The van der Waals surface area contributed by atoms with Gasteiger partial charge in [-0.2, -0.15) is 5.10 Å². The maximum absolute atomic E-state index is 11.7. The zero-order valence-corrected chi connectivity index (χ0v) is 13.1. The third kappa shape index (κ3) is 4.23. The number of carbonyl (C=O) groups is 1. The Kier molecular flexibility index (Phi) is 5.16. The lowest BCUT2D eigenvalue weighted by atomic mass is 9.89. The Morgan fingerprint density at radius 3 is 2.50 bits per heavy atom. The number of aliphatic hydroxyl groups excluding tert-OH is 1. The number of hydrogen-bond acceptors (Lipinski definition) is 4. The summed E-state index contributed by atoms with van der Waals surface area (Å²) in [5.41, 5.74) is 1.38. The molecule has 114 valence electrons. The van der Waals surface area contributed by atoms with Crippen LogP contribution in [0.2, 0.25) is 0 Å². The minimum Gasteiger partial charge on any atom is -0.480 e. The molecule has 20 heavy (non-hydrogen) atoms. The molecule has 0 fully saturated rings. The molecular weight excluding hydrogens is 258 g/mol. The molecule has 0 bridgehead atoms. The molecule has 0 aliphatic heterocycles. The number of aromatic nitrogens is 2. The van der Waals surface area contributed by atoms with Crippen molar-refractivity contribution in [3.63, 3.8) is 0 Å². The van der Waals surface area contributed by atoms with Gasteiger partial charge in [-0.3, -0.25) is 9.48 Å². The quantitative estimate of drug-likeness (QED) is 0.843. The molecule has 0 aliphatic rings. The van der Waals surface area contributed by atoms with Gasteiger partial charge in [0.25, 0.3) is 5.91 Å². The standard InChI is InChI=1S/C14H25N3O3/c1-9-13(10(2)17(6)16-9)20-8-12(19)15-7-11(18)14(3,4)5/h11,18H,7-8H2,1-6H3,(H,15,19). The van der Waals surface area contributed by atoms with Crippen molar-refractivity contribution in [2.24, 2.45) is 12.5 Å². The van der Waals surface area contributed by atoms with Crippen molar-refractivity contribution in [2.45, 2.75) is 40.7 Å². The van der Waals surface area contributed by atoms with Crippen molar-refractivity contribution < 1.29 is 14.6 Å². The van der Waals surface area contributed by atoms with Gasteiger partial charge in [0.05, 0.1) is 11.8 Å². The van der Waals surface area contributed by atoms with Gasteiger partial charge in [-0.15, -0.1) is 0 Å². The van der Waals surface area contributed by atoms with E-state index in [1.807, 2.05) is 41.7 Å². The van der Waals surface area contributed by atoms with Crippen LogP contribution in [-0.4, -0.2) is 40.0 Å². The topological polar surface area (TPSA) is 76.4 Å². The second-order valence-electron chi connectivity index (χ2n) is 6.10. The highest BCUT2D eigenvalue weighted by Crippen LogP contribution is 2.21. The van der Waals surface area contributed by atoms with Gasteiger partial charge in [0.15, 0.2) is 12.4 Å². The molecule has 2 N–H and O–H groups in total. The van der Waals surface area contributed by atoms with E-state index < -0.39 is 6.10 Å². The van der Waals surface area contributed by atoms with Gasteiger partial charge in [0.2, 0.25) is 0 Å². The molecule has 0 saturated carbocycles. The summed E-state index contributed by atoms with van der Waals surface area (Å²) in [6.07, 6.45) is -0.590. The Bertz CT molecular complexity index is 475. The fourth-order valence-electron chi connectivity index (χ4n) is 1.67. The van der Waals surface area contributed by atoms with E-state index in [4.69, 9.17) is 4.74 Å². The molecule has 0 aromatic carbocycles. The largest absolute Gasteiger partial charge is 0.480 e. The fraction of sp³-hybridized carbons (Fsp3) is 0.714. The van der Waals surface area contributed by atoms with E-state index in [9.17, 15) is 9.90 Å². The van der Waals surface area contributed by atoms with Crippen LogP contribution in [-0.2, 0) is 11.8 Å². The first-order valence-electron chi connectivity index (χ1n) is 6.70. The van der Waals surface area contributed by atoms with E-state index in [1.165, 1.54) is 0 Å². The summed E-state index contributed by atoms with van der Waals surface area (Å²) in [6, 6.07) is 0. The molecule has 0 saturated heterocycles. The number of rotatable bonds is 5. The lowest BCUT2D eigenvalue weighted by Gasteiger charge is -2.25. The van der Waals surface area contributed by atoms with E-state index in [0.29, 0.717) is 5.75 Å². The van der Waals surface area contributed by atoms with Crippen LogP contribution in [0, 0.1) is 19.3 Å². The average Bonchev–Trinajstić information content (AvgIpc) is 2.57. The van der Waals surface area contributed by atoms with E-state index in [1.54, 1.807) is 4.68 Å². The number of ether oxygens (including phenoxy) is 1. The van der Waals surface area contributed by atoms with E-state index in [0.717, 1.165) is 11.4 Å². The van der Waals surface area contributed by atoms with Crippen molar-refractivity contribution in [3.8, 4) is 5.75 Å². The van der Waals surface area contributed by atoms with Crippen LogP contribution in [0.1, 0.15) is 32.2 Å². The fourth-order valence-corrected chi connectivity index (χ4v) is 1.67. The highest BCUT2D eigenvalue weighted by atomic mass is 16.5. The van der Waals surface area contributed by atoms with E-state index in [-0.39, 0.29) is 24.5 Å². The number of hydrogen-bond donors (Lipinski definition) is 2. The summed E-state index contributed by atoms with van der Waals surface area (Å²) < 4.78 is 7.21. The van der Waals surface area contributed by atoms with Gasteiger partial charge in [0.1, 0.15) is 5.69 Å². The normalized spacial score (nSPS) is 13.2. The lowest BCUT2D eigenvalue weighted by Crippen LogP contribution is -2.40. The number of aryl methyl sites for hydroxylation is 2. The third-order valence-corrected chi connectivity index (χ3v) is 3.28. The molecule has 0 radical (unpaired) electrons. The SMILES string of the molecule is Cc1nn(C)c(C)c1OCC(=O)NCC(O)C(C)(C)C. The van der Waals surface area contributed by atoms with Crippen LogP contribution in [0.25, 0.3) is 0 Å². The molecule has 0 spiro atoms. The second kappa shape index (κ2) is 6.26. The van der Waals surface area contributed by atoms with Crippen molar-refractivity contribution in [1.82, 2.24) is 15.1 Å². The van der Waals surface area contributed by atoms with Crippen molar-refractivity contribution >= 4 is 5.91 Å². The highest BCUT2D eigenvalue weighted by Gasteiger charge is 2.22. The Hall–Kier alpha value is -1.56. The molecule has 1 aromatic heterocycles. The second-order valence-corrected chi connectivity index (χ2v) is 6.10. The van der Waals surface area contributed by atoms with Gasteiger partial charge in [0, 0.05) is 13.6 Å². The van der Waals surface area contributed by atoms with Gasteiger partial charge in [-0.05, 0) is 19.3 Å². The highest BCUT2D eigenvalue weighted by molar-refractivity contribution is 5.77. The van der Waals surface area contributed by atoms with Crippen LogP contribution >= 0.6 is 0 Å². The molecule has 1 atom stereocenters. The Balaban J connectivity index is 2.44. The zero-order chi connectivity index (χ0) is 15.5. The smallest absolute Gasteiger partial charge is 0.258 e. The van der Waals surface area contributed by atoms with Gasteiger partial charge >= 0.3 is 0 Å². The van der Waals surface area contributed by atoms with Gasteiger partial charge < -0.3 is 15.2 Å². The Morgan fingerprint density at radius 1 is 1.45 bits per heavy atom. The molecule has 6 heteroatoms. The van der Waals surface area contributed by atoms with Crippen LogP contribution in [0.4, 0.5) is 0 Å². The minimum absolute atomic E-state index is 0.0791. The molecule has 1 heterocycles. The van der Waals surface area contributed by atoms with E-state index in [2.05, 4.69) is 10.4 Å². The summed E-state index contributed by atoms with van der Waals surface area (Å²) in [5, 5.41) is 16.7. The molecule has 0 aliphatic carbocycles. The molecule has 1 rings (SSSR count). The van der Waals surface area contributed by atoms with Gasteiger partial charge in [-0.1, -0.05) is 20.8 Å². The summed E-state index contributed by atoms with van der Waals surface area (Å²) in [7, 11) is 1.83. The first kappa shape index (κ1) is 16.5. The molecule has 1 amide bonds. The monoisotopic (exact) mass is 283 g/mol. The first-order chi connectivity index (χ1) is 9.12. The predicted molar refractivity (Wildman–Crippen MR) is 76.6 cm³/mol. The molecule has 1 aromatic rings. The van der Waals surface area contributed by atoms with Gasteiger partial charge in [-0.25, -0.2) is 0 Å². The van der Waals surface area contributed by atoms with Crippen molar-refractivity contribution in [1.29, 1.82) is 0 Å². The summed E-state index contributed by atoms with van der Waals surface area (Å²) in [5.74, 6) is 0.384. The maximum atomic E-state index is 11.7. The molecular formula is C14H25N3O3. The maximum Gasteiger partial charge on any atom is 0.258 e. The number of amides is 1. The summed E-state index contributed by atoms with van der Waals surface area (Å²) in [6.45, 7) is 9.62. The number of aliphatic hydroxyl groups is 1. The van der Waals surface area contributed by atoms with E-state index >= 15 is 0 Å². The molecule has 6 nitrogen and oxygen atoms in total. The van der Waals surface area contributed by atoms with Crippen LogP contribution in [0.15, 0.2) is 0 Å². The lowest BCUT2D eigenvalue weighted by molar-refractivity contribution is -0.123. The minimum atomic E-state index is -0.590. The summed E-state index contributed by atoms with van der Waals surface area (Å²) in [4.78, 5) is 11.7. The third-order valence-electron chi connectivity index (χ3n) is 3.28.